The number of aromatic nitrogens is 4. The van der Waals surface area contributed by atoms with Gasteiger partial charge >= 0.3 is 12.2 Å². The molecule has 2 saturated heterocycles. The van der Waals surface area contributed by atoms with E-state index in [1.54, 1.807) is 17.0 Å². The number of carbonyl (C=O) groups is 4. The van der Waals surface area contributed by atoms with E-state index in [1.807, 2.05) is 50.8 Å². The van der Waals surface area contributed by atoms with Gasteiger partial charge in [0.2, 0.25) is 11.8 Å². The summed E-state index contributed by atoms with van der Waals surface area (Å²) in [6.45, 7) is 10.9. The molecule has 370 valence electrons. The van der Waals surface area contributed by atoms with E-state index in [-0.39, 0.29) is 60.2 Å². The van der Waals surface area contributed by atoms with Gasteiger partial charge in [0.1, 0.15) is 23.7 Å². The Balaban J connectivity index is 1.09. The van der Waals surface area contributed by atoms with Crippen LogP contribution in [0.25, 0.3) is 22.1 Å². The molecule has 17 heteroatoms. The molecule has 3 fully saturated rings. The number of alkyl carbamates (subject to hydrolysis) is 2. The number of hydrogen-bond donors (Lipinski definition) is 4. The summed E-state index contributed by atoms with van der Waals surface area (Å²) in [5.41, 5.74) is 6.00. The van der Waals surface area contributed by atoms with E-state index in [2.05, 4.69) is 56.7 Å². The van der Waals surface area contributed by atoms with Crippen molar-refractivity contribution >= 4 is 51.8 Å². The van der Waals surface area contributed by atoms with Gasteiger partial charge in [-0.2, -0.15) is 0 Å². The number of aromatic amines is 2. The predicted molar refractivity (Wildman–Crippen MR) is 261 cm³/mol. The Kier molecular flexibility index (Phi) is 15.3. The van der Waals surface area contributed by atoms with Crippen molar-refractivity contribution in [1.82, 2.24) is 40.4 Å². The van der Waals surface area contributed by atoms with Crippen LogP contribution in [0.15, 0.2) is 54.6 Å². The average molecular weight is 950 g/mol. The van der Waals surface area contributed by atoms with E-state index in [1.165, 1.54) is 14.2 Å². The van der Waals surface area contributed by atoms with Gasteiger partial charge in [0.05, 0.1) is 67.1 Å². The summed E-state index contributed by atoms with van der Waals surface area (Å²) < 4.78 is 32.0. The number of benzene rings is 3. The number of anilines is 1. The van der Waals surface area contributed by atoms with Crippen molar-refractivity contribution in [3.05, 3.63) is 83.2 Å². The lowest BCUT2D eigenvalue weighted by atomic mass is 10.0. The van der Waals surface area contributed by atoms with Gasteiger partial charge < -0.3 is 49.5 Å². The molecule has 4 amide bonds. The van der Waals surface area contributed by atoms with Gasteiger partial charge in [0.15, 0.2) is 11.6 Å². The van der Waals surface area contributed by atoms with Gasteiger partial charge in [-0.05, 0) is 117 Å². The number of ether oxygens (including phenoxy) is 3. The minimum absolute atomic E-state index is 0.0160. The van der Waals surface area contributed by atoms with Crippen LogP contribution in [0.3, 0.4) is 0 Å². The zero-order valence-electron chi connectivity index (χ0n) is 41.0. The summed E-state index contributed by atoms with van der Waals surface area (Å²) >= 11 is 0. The van der Waals surface area contributed by atoms with Crippen LogP contribution in [-0.4, -0.2) is 99.2 Å². The van der Waals surface area contributed by atoms with Crippen molar-refractivity contribution < 1.29 is 37.8 Å². The first-order valence-electron chi connectivity index (χ1n) is 24.8. The number of unbranched alkanes of at least 4 members (excludes halogenated alkanes) is 1. The number of rotatable bonds is 17. The first-order valence-corrected chi connectivity index (χ1v) is 24.8. The maximum Gasteiger partial charge on any atom is 0.407 e. The Morgan fingerprint density at radius 2 is 1.39 bits per heavy atom. The topological polar surface area (TPSA) is 187 Å². The van der Waals surface area contributed by atoms with Crippen LogP contribution in [0.2, 0.25) is 0 Å². The van der Waals surface area contributed by atoms with Crippen LogP contribution in [0.1, 0.15) is 140 Å². The lowest BCUT2D eigenvalue weighted by Crippen LogP contribution is -2.51. The largest absolute Gasteiger partial charge is 0.487 e. The Morgan fingerprint density at radius 1 is 0.768 bits per heavy atom. The number of nitrogens with zero attached hydrogens (tertiary/aromatic N) is 5. The van der Waals surface area contributed by atoms with Crippen LogP contribution >= 0.6 is 0 Å². The minimum atomic E-state index is -0.759. The molecule has 2 aromatic heterocycles. The van der Waals surface area contributed by atoms with Crippen LogP contribution in [0, 0.1) is 17.7 Å². The highest BCUT2D eigenvalue weighted by Crippen LogP contribution is 2.48. The Morgan fingerprint density at radius 3 is 2.00 bits per heavy atom. The predicted octanol–water partition coefficient (Wildman–Crippen LogP) is 9.54. The molecular weight excluding hydrogens is 882 g/mol. The average Bonchev–Trinajstić information content (AvgIpc) is 4.20. The van der Waals surface area contributed by atoms with E-state index in [0.717, 1.165) is 103 Å². The van der Waals surface area contributed by atoms with Crippen LogP contribution in [0.4, 0.5) is 19.7 Å². The number of likely N-dealkylation sites (tertiary alicyclic amines) is 1. The third-order valence-electron chi connectivity index (χ3n) is 14.1. The summed E-state index contributed by atoms with van der Waals surface area (Å²) in [6.07, 6.45) is 7.50. The molecule has 8 rings (SSSR count). The summed E-state index contributed by atoms with van der Waals surface area (Å²) in [5.74, 6) is 0.507. The molecule has 1 unspecified atom stereocenters. The van der Waals surface area contributed by atoms with Crippen LogP contribution in [-0.2, 0) is 25.6 Å². The molecule has 1 aliphatic carbocycles. The minimum Gasteiger partial charge on any atom is -0.487 e. The number of halogens is 1. The number of imidazole rings is 2. The molecule has 0 radical (unpaired) electrons. The zero-order chi connectivity index (χ0) is 48.9. The molecule has 0 spiro atoms. The zero-order valence-corrected chi connectivity index (χ0v) is 41.0. The molecular formula is C52H68FN9O7. The summed E-state index contributed by atoms with van der Waals surface area (Å²) in [5, 5.41) is 5.44. The highest BCUT2D eigenvalue weighted by atomic mass is 19.1. The summed E-state index contributed by atoms with van der Waals surface area (Å²) in [4.78, 5) is 75.0. The molecule has 5 atom stereocenters. The van der Waals surface area contributed by atoms with Gasteiger partial charge in [-0.15, -0.1) is 0 Å². The molecule has 1 saturated carbocycles. The SMILES string of the molecule is CCCCN(Cc1nc2ccc([C@H]3CCC(c4ccc5nc([C@@H]6CCCN6C(=O)[C@@H](NC(=O)OC)C(C)C)[nH]c5c4)N3c3ccc(OC4CCCC4)c(F)c3)cc2[nH]1)C(=O)[C@@H](NC(=O)OC)C(C)C. The Bertz CT molecular complexity index is 2630. The van der Waals surface area contributed by atoms with E-state index >= 15 is 4.39 Å². The van der Waals surface area contributed by atoms with Gasteiger partial charge in [0.25, 0.3) is 0 Å². The first-order chi connectivity index (χ1) is 33.3. The second-order valence-electron chi connectivity index (χ2n) is 19.5. The number of hydrogen-bond acceptors (Lipinski definition) is 10. The van der Waals surface area contributed by atoms with E-state index in [0.29, 0.717) is 24.7 Å². The van der Waals surface area contributed by atoms with E-state index < -0.39 is 30.1 Å². The molecule has 4 heterocycles. The Labute approximate surface area is 403 Å². The number of fused-ring (bicyclic) bond motifs is 2. The summed E-state index contributed by atoms with van der Waals surface area (Å²) in [6, 6.07) is 15.7. The van der Waals surface area contributed by atoms with E-state index in [9.17, 15) is 19.2 Å². The fraction of sp³-hybridized carbons (Fsp3) is 0.538. The van der Waals surface area contributed by atoms with Crippen molar-refractivity contribution in [1.29, 1.82) is 0 Å². The smallest absolute Gasteiger partial charge is 0.407 e. The highest BCUT2D eigenvalue weighted by Gasteiger charge is 2.39. The van der Waals surface area contributed by atoms with Crippen molar-refractivity contribution in [3.8, 4) is 5.75 Å². The van der Waals surface area contributed by atoms with Crippen LogP contribution in [0.5, 0.6) is 5.75 Å². The van der Waals surface area contributed by atoms with Crippen molar-refractivity contribution in [2.75, 3.05) is 32.2 Å². The van der Waals surface area contributed by atoms with Crippen LogP contribution < -0.4 is 20.3 Å². The normalized spacial score (nSPS) is 19.4. The molecule has 2 aliphatic heterocycles. The number of H-pyrrole nitrogens is 2. The number of carbonyl (C=O) groups excluding carboxylic acids is 4. The van der Waals surface area contributed by atoms with Crippen molar-refractivity contribution in [3.63, 3.8) is 0 Å². The molecule has 4 N–H and O–H groups in total. The fourth-order valence-corrected chi connectivity index (χ4v) is 10.4. The van der Waals surface area contributed by atoms with Crippen molar-refractivity contribution in [2.24, 2.45) is 11.8 Å². The molecule has 3 aromatic carbocycles. The summed E-state index contributed by atoms with van der Waals surface area (Å²) in [7, 11) is 2.57. The number of methoxy groups -OCH3 is 2. The molecule has 16 nitrogen and oxygen atoms in total. The van der Waals surface area contributed by atoms with Gasteiger partial charge in [-0.25, -0.2) is 23.9 Å². The third kappa shape index (κ3) is 10.8. The molecule has 3 aliphatic rings. The van der Waals surface area contributed by atoms with Crippen molar-refractivity contribution in [2.45, 2.75) is 142 Å². The highest BCUT2D eigenvalue weighted by molar-refractivity contribution is 5.87. The maximum absolute atomic E-state index is 16.2. The van der Waals surface area contributed by atoms with Gasteiger partial charge in [0, 0.05) is 24.8 Å². The monoisotopic (exact) mass is 950 g/mol. The van der Waals surface area contributed by atoms with Gasteiger partial charge in [-0.3, -0.25) is 9.59 Å². The molecule has 5 aromatic rings. The lowest BCUT2D eigenvalue weighted by molar-refractivity contribution is -0.136. The first kappa shape index (κ1) is 49.0. The molecule has 0 bridgehead atoms. The second-order valence-corrected chi connectivity index (χ2v) is 19.5. The third-order valence-corrected chi connectivity index (χ3v) is 14.1. The fourth-order valence-electron chi connectivity index (χ4n) is 10.4. The molecule has 69 heavy (non-hydrogen) atoms. The second kappa shape index (κ2) is 21.5. The maximum atomic E-state index is 16.2. The van der Waals surface area contributed by atoms with Gasteiger partial charge in [-0.1, -0.05) is 53.2 Å². The quantitative estimate of drug-likeness (QED) is 0.0699. The van der Waals surface area contributed by atoms with E-state index in [4.69, 9.17) is 24.2 Å². The Hall–Kier alpha value is -6.39. The number of amides is 4. The number of nitrogens with one attached hydrogen (secondary N) is 4. The lowest BCUT2D eigenvalue weighted by Gasteiger charge is -2.33. The standard InChI is InChI=1S/C52H68FN9O7/c1-8-9-24-60(49(63)46(30(2)3)58-51(65)67-6)29-45-54-37-19-16-32(26-39(37)55-45)41-21-22-42(62(41)34-18-23-44(36(53)28-34)69-35-13-10-11-14-35)33-17-20-38-40(27-33)57-48(56-38)43-15-12-25-61(43)50(64)47(31(4)5)59-52(66)68-7/h16-20,23,26-28,30-31,35,41-43,46-47H,8-15,21-22,24-25,29H2,1-7H3,(H,54,55)(H,56,57)(H,58,65)(H,59,66)/t41-,42?,43+,46+,47+/m1/s1.